The molecule has 0 aliphatic rings. The summed E-state index contributed by atoms with van der Waals surface area (Å²) in [4.78, 5) is 12.9. The maximum Gasteiger partial charge on any atom is 0.255 e. The van der Waals surface area contributed by atoms with Crippen LogP contribution < -0.4 is 5.32 Å². The normalized spacial score (nSPS) is 11.1. The van der Waals surface area contributed by atoms with Crippen molar-refractivity contribution in [3.05, 3.63) is 83.4 Å². The Balaban J connectivity index is 1.87. The molecule has 144 valence electrons. The van der Waals surface area contributed by atoms with Crippen molar-refractivity contribution in [2.45, 2.75) is 39.5 Å². The Labute approximate surface area is 167 Å². The van der Waals surface area contributed by atoms with Gasteiger partial charge in [0.1, 0.15) is 5.75 Å². The fourth-order valence-electron chi connectivity index (χ4n) is 3.35. The van der Waals surface area contributed by atoms with Gasteiger partial charge in [-0.05, 0) is 58.4 Å². The van der Waals surface area contributed by atoms with Gasteiger partial charge in [-0.2, -0.15) is 0 Å². The van der Waals surface area contributed by atoms with Crippen molar-refractivity contribution in [3.63, 3.8) is 0 Å². The Bertz CT molecular complexity index is 929. The van der Waals surface area contributed by atoms with Crippen LogP contribution in [0.3, 0.4) is 0 Å². The van der Waals surface area contributed by atoms with Gasteiger partial charge in [0.05, 0.1) is 0 Å². The van der Waals surface area contributed by atoms with E-state index in [0.29, 0.717) is 17.4 Å². The molecular weight excluding hydrogens is 346 g/mol. The van der Waals surface area contributed by atoms with E-state index in [0.717, 1.165) is 27.9 Å². The molecule has 0 bridgehead atoms. The number of nitrogens with one attached hydrogen (secondary N) is 1. The zero-order chi connectivity index (χ0) is 20.3. The molecule has 1 amide bonds. The van der Waals surface area contributed by atoms with Crippen molar-refractivity contribution in [2.75, 3.05) is 5.32 Å². The minimum absolute atomic E-state index is 0.104. The molecule has 0 spiro atoms. The van der Waals surface area contributed by atoms with Crippen LogP contribution in [0.25, 0.3) is 11.1 Å². The van der Waals surface area contributed by atoms with Gasteiger partial charge in [0, 0.05) is 11.3 Å². The van der Waals surface area contributed by atoms with Crippen LogP contribution in [0.4, 0.5) is 5.69 Å². The number of carbonyl (C=O) groups excluding carboxylic acids is 1. The summed E-state index contributed by atoms with van der Waals surface area (Å²) in [5, 5.41) is 12.6. The van der Waals surface area contributed by atoms with E-state index in [1.807, 2.05) is 36.4 Å². The van der Waals surface area contributed by atoms with Crippen LogP contribution in [0.2, 0.25) is 0 Å². The molecule has 0 saturated heterocycles. The van der Waals surface area contributed by atoms with Crippen molar-refractivity contribution in [1.82, 2.24) is 0 Å². The van der Waals surface area contributed by atoms with Gasteiger partial charge in [-0.1, -0.05) is 70.2 Å². The Morgan fingerprint density at radius 2 is 1.21 bits per heavy atom. The second-order valence-electron chi connectivity index (χ2n) is 7.70. The van der Waals surface area contributed by atoms with Gasteiger partial charge in [0.2, 0.25) is 0 Å². The van der Waals surface area contributed by atoms with Gasteiger partial charge < -0.3 is 10.4 Å². The first-order chi connectivity index (χ1) is 13.4. The minimum atomic E-state index is -0.104. The highest BCUT2D eigenvalue weighted by Crippen LogP contribution is 2.33. The van der Waals surface area contributed by atoms with Gasteiger partial charge in [0.15, 0.2) is 0 Å². The van der Waals surface area contributed by atoms with E-state index < -0.39 is 0 Å². The lowest BCUT2D eigenvalue weighted by Crippen LogP contribution is -2.15. The number of hydrogen-bond donors (Lipinski definition) is 2. The summed E-state index contributed by atoms with van der Waals surface area (Å²) in [6, 6.07) is 20.8. The average molecular weight is 373 g/mol. The molecule has 0 atom stereocenters. The van der Waals surface area contributed by atoms with Gasteiger partial charge in [-0.3, -0.25) is 4.79 Å². The summed E-state index contributed by atoms with van der Waals surface area (Å²) in [5.41, 5.74) is 5.86. The van der Waals surface area contributed by atoms with E-state index in [2.05, 4.69) is 51.2 Å². The van der Waals surface area contributed by atoms with Crippen LogP contribution in [-0.4, -0.2) is 11.0 Å². The molecule has 3 heteroatoms. The SMILES string of the molecule is CC(C)c1cccc(C(C)C)c1NC(=O)c1ccc(-c2ccc(O)cc2)cc1. The Kier molecular flexibility index (Phi) is 5.84. The van der Waals surface area contributed by atoms with Crippen molar-refractivity contribution in [2.24, 2.45) is 0 Å². The van der Waals surface area contributed by atoms with Crippen LogP contribution in [-0.2, 0) is 0 Å². The highest BCUT2D eigenvalue weighted by molar-refractivity contribution is 6.05. The first kappa shape index (κ1) is 19.7. The number of phenols is 1. The molecule has 0 heterocycles. The summed E-state index contributed by atoms with van der Waals surface area (Å²) in [6.07, 6.45) is 0. The van der Waals surface area contributed by atoms with Crippen molar-refractivity contribution in [1.29, 1.82) is 0 Å². The lowest BCUT2D eigenvalue weighted by molar-refractivity contribution is 0.102. The highest BCUT2D eigenvalue weighted by atomic mass is 16.3. The summed E-state index contributed by atoms with van der Waals surface area (Å²) >= 11 is 0. The van der Waals surface area contributed by atoms with Gasteiger partial charge in [-0.25, -0.2) is 0 Å². The molecule has 0 aromatic heterocycles. The van der Waals surface area contributed by atoms with Crippen molar-refractivity contribution in [3.8, 4) is 16.9 Å². The number of anilines is 1. The number of hydrogen-bond acceptors (Lipinski definition) is 2. The first-order valence-corrected chi connectivity index (χ1v) is 9.70. The van der Waals surface area contributed by atoms with E-state index in [1.165, 1.54) is 0 Å². The fourth-order valence-corrected chi connectivity index (χ4v) is 3.35. The first-order valence-electron chi connectivity index (χ1n) is 9.70. The molecule has 0 fully saturated rings. The molecule has 0 radical (unpaired) electrons. The van der Waals surface area contributed by atoms with E-state index in [1.54, 1.807) is 12.1 Å². The summed E-state index contributed by atoms with van der Waals surface area (Å²) < 4.78 is 0. The molecule has 3 aromatic carbocycles. The largest absolute Gasteiger partial charge is 0.508 e. The maximum absolute atomic E-state index is 12.9. The molecule has 3 aromatic rings. The number of aromatic hydroxyl groups is 1. The third-order valence-electron chi connectivity index (χ3n) is 4.96. The number of amides is 1. The van der Waals surface area contributed by atoms with Crippen LogP contribution in [0.15, 0.2) is 66.7 Å². The molecule has 28 heavy (non-hydrogen) atoms. The molecule has 0 saturated carbocycles. The zero-order valence-electron chi connectivity index (χ0n) is 16.9. The smallest absolute Gasteiger partial charge is 0.255 e. The fraction of sp³-hybridized carbons (Fsp3) is 0.240. The molecule has 3 rings (SSSR count). The topological polar surface area (TPSA) is 49.3 Å². The predicted molar refractivity (Wildman–Crippen MR) is 116 cm³/mol. The number of phenolic OH excluding ortho intramolecular Hbond substituents is 1. The number of para-hydroxylation sites is 1. The van der Waals surface area contributed by atoms with E-state index in [9.17, 15) is 9.90 Å². The van der Waals surface area contributed by atoms with Gasteiger partial charge in [0.25, 0.3) is 5.91 Å². The second kappa shape index (κ2) is 8.30. The monoisotopic (exact) mass is 373 g/mol. The Morgan fingerprint density at radius 3 is 1.68 bits per heavy atom. The van der Waals surface area contributed by atoms with E-state index >= 15 is 0 Å². The highest BCUT2D eigenvalue weighted by Gasteiger charge is 2.16. The zero-order valence-corrected chi connectivity index (χ0v) is 16.9. The quantitative estimate of drug-likeness (QED) is 0.532. The third-order valence-corrected chi connectivity index (χ3v) is 4.96. The molecule has 0 unspecified atom stereocenters. The molecular formula is C25H27NO2. The van der Waals surface area contributed by atoms with Crippen molar-refractivity contribution < 1.29 is 9.90 Å². The van der Waals surface area contributed by atoms with Crippen molar-refractivity contribution >= 4 is 11.6 Å². The van der Waals surface area contributed by atoms with E-state index in [-0.39, 0.29) is 11.7 Å². The minimum Gasteiger partial charge on any atom is -0.508 e. The number of rotatable bonds is 5. The second-order valence-corrected chi connectivity index (χ2v) is 7.70. The van der Waals surface area contributed by atoms with E-state index in [4.69, 9.17) is 0 Å². The Hall–Kier alpha value is -3.07. The Morgan fingerprint density at radius 1 is 0.750 bits per heavy atom. The van der Waals surface area contributed by atoms with Crippen LogP contribution >= 0.6 is 0 Å². The lowest BCUT2D eigenvalue weighted by Gasteiger charge is -2.20. The van der Waals surface area contributed by atoms with Gasteiger partial charge in [-0.15, -0.1) is 0 Å². The van der Waals surface area contributed by atoms with Crippen LogP contribution in [0.5, 0.6) is 5.75 Å². The maximum atomic E-state index is 12.9. The number of carbonyl (C=O) groups is 1. The summed E-state index contributed by atoms with van der Waals surface area (Å²) in [6.45, 7) is 8.56. The van der Waals surface area contributed by atoms with Crippen LogP contribution in [0.1, 0.15) is 61.0 Å². The molecule has 3 nitrogen and oxygen atoms in total. The average Bonchev–Trinajstić information content (AvgIpc) is 2.68. The summed E-state index contributed by atoms with van der Waals surface area (Å²) in [7, 11) is 0. The predicted octanol–water partition coefficient (Wildman–Crippen LogP) is 6.56. The summed E-state index contributed by atoms with van der Waals surface area (Å²) in [5.74, 6) is 0.786. The number of benzene rings is 3. The molecule has 0 aliphatic heterocycles. The lowest BCUT2D eigenvalue weighted by atomic mass is 9.92. The van der Waals surface area contributed by atoms with Gasteiger partial charge >= 0.3 is 0 Å². The third kappa shape index (κ3) is 4.25. The van der Waals surface area contributed by atoms with Crippen LogP contribution in [0, 0.1) is 0 Å². The molecule has 2 N–H and O–H groups in total. The molecule has 0 aliphatic carbocycles. The standard InChI is InChI=1S/C25H27NO2/c1-16(2)22-6-5-7-23(17(3)4)24(22)26-25(28)20-10-8-18(9-11-20)19-12-14-21(27)15-13-19/h5-17,27H,1-4H3,(H,26,28).